The Hall–Kier alpha value is -2.32. The fraction of sp³-hybridized carbons (Fsp3) is 0.0500. The highest BCUT2D eigenvalue weighted by Gasteiger charge is 2.08. The van der Waals surface area contributed by atoms with E-state index in [-0.39, 0.29) is 11.7 Å². The van der Waals surface area contributed by atoms with Crippen LogP contribution >= 0.6 is 46.3 Å². The first-order chi connectivity index (χ1) is 14.1. The minimum absolute atomic E-state index is 0.221. The summed E-state index contributed by atoms with van der Waals surface area (Å²) in [6, 6.07) is 16.7. The van der Waals surface area contributed by atoms with E-state index in [2.05, 4.69) is 15.5 Å². The van der Waals surface area contributed by atoms with Gasteiger partial charge in [-0.25, -0.2) is 10.4 Å². The van der Waals surface area contributed by atoms with Crippen molar-refractivity contribution in [3.63, 3.8) is 0 Å². The van der Waals surface area contributed by atoms with E-state index in [1.54, 1.807) is 35.6 Å². The second-order valence-electron chi connectivity index (χ2n) is 5.86. The molecule has 0 saturated heterocycles. The van der Waals surface area contributed by atoms with Crippen LogP contribution in [0, 0.1) is 0 Å². The van der Waals surface area contributed by atoms with Gasteiger partial charge >= 0.3 is 0 Å². The summed E-state index contributed by atoms with van der Waals surface area (Å²) >= 11 is 14.9. The van der Waals surface area contributed by atoms with E-state index in [0.717, 1.165) is 20.1 Å². The maximum Gasteiger partial charge on any atom is 0.250 e. The Bertz CT molecular complexity index is 1170. The van der Waals surface area contributed by atoms with Crippen LogP contribution in [0.4, 0.5) is 0 Å². The number of amides is 1. The van der Waals surface area contributed by atoms with E-state index in [1.807, 2.05) is 30.3 Å². The number of para-hydroxylation sites is 1. The molecule has 0 spiro atoms. The highest BCUT2D eigenvalue weighted by molar-refractivity contribution is 8.01. The first-order valence-electron chi connectivity index (χ1n) is 8.44. The van der Waals surface area contributed by atoms with Gasteiger partial charge in [-0.05, 0) is 42.5 Å². The molecular weight excluding hydrogens is 449 g/mol. The summed E-state index contributed by atoms with van der Waals surface area (Å²) in [6.07, 6.45) is 1.45. The predicted molar refractivity (Wildman–Crippen MR) is 120 cm³/mol. The number of fused-ring (bicyclic) bond motifs is 1. The molecule has 5 nitrogen and oxygen atoms in total. The van der Waals surface area contributed by atoms with Gasteiger partial charge in [0.1, 0.15) is 11.5 Å². The molecule has 0 aliphatic carbocycles. The number of carbonyl (C=O) groups is 1. The Balaban J connectivity index is 1.31. The number of furan rings is 1. The number of nitrogens with zero attached hydrogens (tertiary/aromatic N) is 2. The molecule has 0 saturated carbocycles. The number of thioether (sulfide) groups is 1. The summed E-state index contributed by atoms with van der Waals surface area (Å²) in [5.41, 5.74) is 4.23. The molecule has 2 aromatic carbocycles. The number of benzene rings is 2. The highest BCUT2D eigenvalue weighted by atomic mass is 35.5. The Labute approximate surface area is 184 Å². The smallest absolute Gasteiger partial charge is 0.250 e. The monoisotopic (exact) mass is 461 g/mol. The fourth-order valence-electron chi connectivity index (χ4n) is 2.47. The number of rotatable bonds is 6. The molecule has 9 heteroatoms. The minimum atomic E-state index is -0.221. The normalized spacial score (nSPS) is 11.4. The summed E-state index contributed by atoms with van der Waals surface area (Å²) in [7, 11) is 0. The van der Waals surface area contributed by atoms with Gasteiger partial charge in [0.15, 0.2) is 4.34 Å². The Morgan fingerprint density at radius 1 is 1.17 bits per heavy atom. The molecule has 4 aromatic rings. The number of hydrazone groups is 1. The van der Waals surface area contributed by atoms with Gasteiger partial charge in [-0.15, -0.1) is 11.3 Å². The second kappa shape index (κ2) is 9.00. The highest BCUT2D eigenvalue weighted by Crippen LogP contribution is 2.30. The van der Waals surface area contributed by atoms with Crippen LogP contribution in [0.5, 0.6) is 0 Å². The van der Waals surface area contributed by atoms with Crippen molar-refractivity contribution in [2.45, 2.75) is 4.34 Å². The Morgan fingerprint density at radius 2 is 2.03 bits per heavy atom. The van der Waals surface area contributed by atoms with Gasteiger partial charge in [-0.3, -0.25) is 4.79 Å². The van der Waals surface area contributed by atoms with Crippen molar-refractivity contribution in [1.82, 2.24) is 10.4 Å². The van der Waals surface area contributed by atoms with Gasteiger partial charge in [0.05, 0.1) is 32.2 Å². The lowest BCUT2D eigenvalue weighted by Crippen LogP contribution is -2.19. The molecule has 0 aliphatic rings. The quantitative estimate of drug-likeness (QED) is 0.213. The van der Waals surface area contributed by atoms with Crippen LogP contribution in [0.1, 0.15) is 5.76 Å². The average molecular weight is 462 g/mol. The number of hydrogen-bond acceptors (Lipinski definition) is 6. The largest absolute Gasteiger partial charge is 0.455 e. The standard InChI is InChI=1S/C20H13Cl2N3O2S2/c21-14-7-5-12(9-15(14)22)17-8-6-13(27-17)10-23-25-19(26)11-28-20-24-16-3-1-2-4-18(16)29-20/h1-10H,11H2,(H,25,26)/b23-10-. The topological polar surface area (TPSA) is 67.5 Å². The van der Waals surface area contributed by atoms with Gasteiger partial charge in [-0.2, -0.15) is 5.10 Å². The molecule has 2 heterocycles. The molecule has 1 N–H and O–H groups in total. The number of nitrogens with one attached hydrogen (secondary N) is 1. The number of thiazole rings is 1. The maximum absolute atomic E-state index is 12.0. The van der Waals surface area contributed by atoms with Crippen LogP contribution in [0.15, 0.2) is 68.5 Å². The van der Waals surface area contributed by atoms with E-state index in [1.165, 1.54) is 18.0 Å². The van der Waals surface area contributed by atoms with Crippen molar-refractivity contribution in [1.29, 1.82) is 0 Å². The SMILES string of the molecule is O=C(CSc1nc2ccccc2s1)N/N=C\c1ccc(-c2ccc(Cl)c(Cl)c2)o1. The number of hydrogen-bond donors (Lipinski definition) is 1. The van der Waals surface area contributed by atoms with Crippen molar-refractivity contribution >= 4 is 68.6 Å². The lowest BCUT2D eigenvalue weighted by atomic mass is 10.2. The zero-order valence-corrected chi connectivity index (χ0v) is 17.9. The zero-order valence-electron chi connectivity index (χ0n) is 14.8. The van der Waals surface area contributed by atoms with E-state index >= 15 is 0 Å². The zero-order chi connectivity index (χ0) is 20.2. The molecule has 0 radical (unpaired) electrons. The summed E-state index contributed by atoms with van der Waals surface area (Å²) in [5.74, 6) is 1.14. The summed E-state index contributed by atoms with van der Waals surface area (Å²) in [4.78, 5) is 16.5. The molecule has 1 amide bonds. The lowest BCUT2D eigenvalue weighted by Gasteiger charge is -1.99. The van der Waals surface area contributed by atoms with Gasteiger partial charge in [0, 0.05) is 5.56 Å². The third-order valence-corrected chi connectivity index (χ3v) is 6.73. The number of halogens is 2. The van der Waals surface area contributed by atoms with Crippen molar-refractivity contribution in [3.05, 3.63) is 70.4 Å². The first-order valence-corrected chi connectivity index (χ1v) is 11.0. The van der Waals surface area contributed by atoms with Crippen molar-refractivity contribution in [3.8, 4) is 11.3 Å². The summed E-state index contributed by atoms with van der Waals surface area (Å²) in [6.45, 7) is 0. The van der Waals surface area contributed by atoms with Gasteiger partial charge in [-0.1, -0.05) is 47.1 Å². The molecule has 0 unspecified atom stereocenters. The fourth-order valence-corrected chi connectivity index (χ4v) is 4.63. The average Bonchev–Trinajstić information content (AvgIpc) is 3.35. The number of carbonyl (C=O) groups excluding carboxylic acids is 1. The molecule has 0 atom stereocenters. The van der Waals surface area contributed by atoms with Gasteiger partial charge < -0.3 is 4.42 Å². The predicted octanol–water partition coefficient (Wildman–Crippen LogP) is 6.11. The van der Waals surface area contributed by atoms with E-state index < -0.39 is 0 Å². The molecule has 4 rings (SSSR count). The molecule has 0 aliphatic heterocycles. The molecule has 146 valence electrons. The molecule has 2 aromatic heterocycles. The van der Waals surface area contributed by atoms with E-state index in [4.69, 9.17) is 27.6 Å². The van der Waals surface area contributed by atoms with Crippen LogP contribution in [-0.2, 0) is 4.79 Å². The second-order valence-corrected chi connectivity index (χ2v) is 8.93. The molecule has 0 bridgehead atoms. The lowest BCUT2D eigenvalue weighted by molar-refractivity contribution is -0.118. The third kappa shape index (κ3) is 5.00. The van der Waals surface area contributed by atoms with E-state index in [9.17, 15) is 4.79 Å². The number of aromatic nitrogens is 1. The van der Waals surface area contributed by atoms with Crippen molar-refractivity contribution < 1.29 is 9.21 Å². The van der Waals surface area contributed by atoms with Gasteiger partial charge in [0.25, 0.3) is 5.91 Å². The molecule has 29 heavy (non-hydrogen) atoms. The van der Waals surface area contributed by atoms with Crippen molar-refractivity contribution in [2.24, 2.45) is 5.10 Å². The minimum Gasteiger partial charge on any atom is -0.455 e. The van der Waals surface area contributed by atoms with Crippen LogP contribution in [-0.4, -0.2) is 22.9 Å². The van der Waals surface area contributed by atoms with Crippen molar-refractivity contribution in [2.75, 3.05) is 5.75 Å². The third-order valence-electron chi connectivity index (χ3n) is 3.81. The van der Waals surface area contributed by atoms with E-state index in [0.29, 0.717) is 21.6 Å². The molecular formula is C20H13Cl2N3O2S2. The summed E-state index contributed by atoms with van der Waals surface area (Å²) < 4.78 is 7.64. The van der Waals surface area contributed by atoms with Crippen LogP contribution in [0.3, 0.4) is 0 Å². The Kier molecular flexibility index (Phi) is 6.20. The summed E-state index contributed by atoms with van der Waals surface area (Å²) in [5, 5.41) is 4.87. The van der Waals surface area contributed by atoms with Gasteiger partial charge in [0.2, 0.25) is 0 Å². The van der Waals surface area contributed by atoms with Crippen LogP contribution < -0.4 is 5.43 Å². The van der Waals surface area contributed by atoms with Crippen LogP contribution in [0.2, 0.25) is 10.0 Å². The first kappa shape index (κ1) is 20.0. The maximum atomic E-state index is 12.0. The molecule has 0 fully saturated rings. The Morgan fingerprint density at radius 3 is 2.86 bits per heavy atom. The van der Waals surface area contributed by atoms with Crippen LogP contribution in [0.25, 0.3) is 21.5 Å².